The quantitative estimate of drug-likeness (QED) is 0.275. The molecule has 0 saturated heterocycles. The Balaban J connectivity index is 1.53. The standard InChI is InChI=1S/C30H26N2O3/c1-3-19-9-12-21(13-10-19)32(4-2)22-14-15-25-28(18-22)34-27-16-11-20(31)17-26(27)30(25)24-8-6-5-7-23(24)29(33)35-30/h5-18H,3-4,31H2,1-2H3. The van der Waals surface area contributed by atoms with Crippen LogP contribution in [0.3, 0.4) is 0 Å². The third kappa shape index (κ3) is 3.12. The number of benzene rings is 4. The number of nitrogens with zero attached hydrogens (tertiary/aromatic N) is 1. The minimum Gasteiger partial charge on any atom is -0.456 e. The van der Waals surface area contributed by atoms with Gasteiger partial charge in [0.05, 0.1) is 5.56 Å². The summed E-state index contributed by atoms with van der Waals surface area (Å²) in [5, 5.41) is 0. The minimum absolute atomic E-state index is 0.350. The molecule has 6 rings (SSSR count). The monoisotopic (exact) mass is 462 g/mol. The molecule has 4 aromatic rings. The van der Waals surface area contributed by atoms with Gasteiger partial charge in [0.25, 0.3) is 0 Å². The summed E-state index contributed by atoms with van der Waals surface area (Å²) in [6, 6.07) is 27.8. The summed E-state index contributed by atoms with van der Waals surface area (Å²) in [6.45, 7) is 5.08. The van der Waals surface area contributed by atoms with E-state index in [9.17, 15) is 4.79 Å². The molecule has 4 aromatic carbocycles. The molecule has 1 unspecified atom stereocenters. The summed E-state index contributed by atoms with van der Waals surface area (Å²) >= 11 is 0. The zero-order valence-corrected chi connectivity index (χ0v) is 19.7. The van der Waals surface area contributed by atoms with Crippen LogP contribution in [0.4, 0.5) is 17.1 Å². The molecule has 2 heterocycles. The molecule has 0 fully saturated rings. The normalized spacial score (nSPS) is 17.3. The number of esters is 1. The zero-order chi connectivity index (χ0) is 24.2. The van der Waals surface area contributed by atoms with Gasteiger partial charge in [-0.25, -0.2) is 4.79 Å². The highest BCUT2D eigenvalue weighted by Gasteiger charge is 2.53. The Hall–Kier alpha value is -4.25. The molecule has 5 heteroatoms. The third-order valence-electron chi connectivity index (χ3n) is 7.00. The number of carbonyl (C=O) groups is 1. The van der Waals surface area contributed by atoms with Crippen LogP contribution in [-0.4, -0.2) is 12.5 Å². The number of anilines is 3. The fourth-order valence-electron chi connectivity index (χ4n) is 5.27. The summed E-state index contributed by atoms with van der Waals surface area (Å²) in [5.41, 5.74) is 11.9. The number of hydrogen-bond acceptors (Lipinski definition) is 5. The predicted octanol–water partition coefficient (Wildman–Crippen LogP) is 6.56. The van der Waals surface area contributed by atoms with E-state index in [0.717, 1.165) is 41.0 Å². The molecule has 35 heavy (non-hydrogen) atoms. The molecule has 0 amide bonds. The zero-order valence-electron chi connectivity index (χ0n) is 19.7. The third-order valence-corrected chi connectivity index (χ3v) is 7.00. The van der Waals surface area contributed by atoms with Crippen LogP contribution in [0, 0.1) is 0 Å². The molecule has 2 aliphatic heterocycles. The molecule has 2 N–H and O–H groups in total. The van der Waals surface area contributed by atoms with Crippen LogP contribution in [-0.2, 0) is 16.8 Å². The van der Waals surface area contributed by atoms with Crippen molar-refractivity contribution in [3.8, 4) is 11.5 Å². The Labute approximate surface area is 204 Å². The molecule has 1 atom stereocenters. The average molecular weight is 463 g/mol. The minimum atomic E-state index is -1.11. The first-order valence-electron chi connectivity index (χ1n) is 12.0. The lowest BCUT2D eigenvalue weighted by Gasteiger charge is -2.37. The summed E-state index contributed by atoms with van der Waals surface area (Å²) < 4.78 is 12.6. The maximum atomic E-state index is 13.0. The highest BCUT2D eigenvalue weighted by molar-refractivity contribution is 5.97. The number of nitrogen functional groups attached to an aromatic ring is 1. The Morgan fingerprint density at radius 3 is 2.34 bits per heavy atom. The van der Waals surface area contributed by atoms with Crippen molar-refractivity contribution in [1.29, 1.82) is 0 Å². The number of fused-ring (bicyclic) bond motifs is 6. The molecule has 5 nitrogen and oxygen atoms in total. The van der Waals surface area contributed by atoms with Crippen LogP contribution in [0.15, 0.2) is 84.9 Å². The number of hydrogen-bond donors (Lipinski definition) is 1. The van der Waals surface area contributed by atoms with Crippen molar-refractivity contribution >= 4 is 23.0 Å². The molecule has 0 saturated carbocycles. The molecule has 0 bridgehead atoms. The first-order valence-corrected chi connectivity index (χ1v) is 12.0. The highest BCUT2D eigenvalue weighted by Crippen LogP contribution is 2.57. The number of nitrogens with two attached hydrogens (primary N) is 1. The van der Waals surface area contributed by atoms with Gasteiger partial charge in [-0.05, 0) is 67.4 Å². The van der Waals surface area contributed by atoms with Crippen LogP contribution < -0.4 is 15.4 Å². The van der Waals surface area contributed by atoms with Gasteiger partial charge >= 0.3 is 5.97 Å². The van der Waals surface area contributed by atoms with E-state index in [0.29, 0.717) is 22.7 Å². The van der Waals surface area contributed by atoms with Crippen molar-refractivity contribution in [2.45, 2.75) is 25.9 Å². The van der Waals surface area contributed by atoms with E-state index < -0.39 is 5.60 Å². The van der Waals surface area contributed by atoms with Crippen molar-refractivity contribution in [1.82, 2.24) is 0 Å². The second-order valence-corrected chi connectivity index (χ2v) is 8.92. The maximum absolute atomic E-state index is 13.0. The fraction of sp³-hybridized carbons (Fsp3) is 0.167. The lowest BCUT2D eigenvalue weighted by molar-refractivity contribution is 0.0224. The molecular formula is C30H26N2O3. The van der Waals surface area contributed by atoms with Gasteiger partial charge in [-0.1, -0.05) is 37.3 Å². The van der Waals surface area contributed by atoms with Crippen molar-refractivity contribution in [2.24, 2.45) is 0 Å². The van der Waals surface area contributed by atoms with E-state index in [-0.39, 0.29) is 5.97 Å². The Morgan fingerprint density at radius 1 is 0.800 bits per heavy atom. The van der Waals surface area contributed by atoms with Crippen LogP contribution >= 0.6 is 0 Å². The molecule has 0 aliphatic carbocycles. The van der Waals surface area contributed by atoms with E-state index in [4.69, 9.17) is 15.2 Å². The molecule has 2 aliphatic rings. The van der Waals surface area contributed by atoms with Gasteiger partial charge in [0.15, 0.2) is 5.60 Å². The SMILES string of the molecule is CCc1ccc(N(CC)c2ccc3c(c2)Oc2ccc(N)cc2C32OC(=O)c3ccccc32)cc1. The summed E-state index contributed by atoms with van der Waals surface area (Å²) in [5.74, 6) is 0.939. The van der Waals surface area contributed by atoms with E-state index in [1.165, 1.54) is 5.56 Å². The van der Waals surface area contributed by atoms with E-state index in [1.807, 2.05) is 42.5 Å². The smallest absolute Gasteiger partial charge is 0.340 e. The fourth-order valence-corrected chi connectivity index (χ4v) is 5.27. The number of aryl methyl sites for hydroxylation is 1. The second kappa shape index (κ2) is 7.91. The van der Waals surface area contributed by atoms with Crippen LogP contribution in [0.2, 0.25) is 0 Å². The molecular weight excluding hydrogens is 436 g/mol. The van der Waals surface area contributed by atoms with Crippen LogP contribution in [0.1, 0.15) is 46.5 Å². The summed E-state index contributed by atoms with van der Waals surface area (Å²) in [7, 11) is 0. The largest absolute Gasteiger partial charge is 0.456 e. The first kappa shape index (κ1) is 21.3. The van der Waals surface area contributed by atoms with Crippen molar-refractivity contribution in [3.05, 3.63) is 113 Å². The average Bonchev–Trinajstić information content (AvgIpc) is 3.18. The van der Waals surface area contributed by atoms with Gasteiger partial charge in [0.2, 0.25) is 0 Å². The van der Waals surface area contributed by atoms with Crippen LogP contribution in [0.25, 0.3) is 0 Å². The Morgan fingerprint density at radius 2 is 1.57 bits per heavy atom. The van der Waals surface area contributed by atoms with Gasteiger partial charge in [-0.3, -0.25) is 0 Å². The Bertz CT molecular complexity index is 1460. The van der Waals surface area contributed by atoms with Gasteiger partial charge < -0.3 is 20.1 Å². The topological polar surface area (TPSA) is 64.8 Å². The number of rotatable bonds is 4. The van der Waals surface area contributed by atoms with Crippen molar-refractivity contribution in [2.75, 3.05) is 17.2 Å². The number of carbonyl (C=O) groups excluding carboxylic acids is 1. The summed E-state index contributed by atoms with van der Waals surface area (Å²) in [6.07, 6.45) is 1.01. The predicted molar refractivity (Wildman–Crippen MR) is 138 cm³/mol. The molecule has 1 spiro atoms. The number of ether oxygens (including phenoxy) is 2. The molecule has 174 valence electrons. The van der Waals surface area contributed by atoms with Gasteiger partial charge in [-0.15, -0.1) is 0 Å². The van der Waals surface area contributed by atoms with Gasteiger partial charge in [0.1, 0.15) is 11.5 Å². The van der Waals surface area contributed by atoms with Gasteiger partial charge in [0, 0.05) is 46.4 Å². The first-order chi connectivity index (χ1) is 17.0. The van der Waals surface area contributed by atoms with Crippen molar-refractivity contribution < 1.29 is 14.3 Å². The molecule has 0 radical (unpaired) electrons. The van der Waals surface area contributed by atoms with Gasteiger partial charge in [-0.2, -0.15) is 0 Å². The summed E-state index contributed by atoms with van der Waals surface area (Å²) in [4.78, 5) is 15.2. The lowest BCUT2D eigenvalue weighted by atomic mass is 9.77. The van der Waals surface area contributed by atoms with E-state index in [1.54, 1.807) is 12.1 Å². The van der Waals surface area contributed by atoms with Crippen LogP contribution in [0.5, 0.6) is 11.5 Å². The highest BCUT2D eigenvalue weighted by atomic mass is 16.6. The van der Waals surface area contributed by atoms with E-state index >= 15 is 0 Å². The maximum Gasteiger partial charge on any atom is 0.340 e. The molecule has 0 aromatic heterocycles. The van der Waals surface area contributed by atoms with Crippen molar-refractivity contribution in [3.63, 3.8) is 0 Å². The van der Waals surface area contributed by atoms with E-state index in [2.05, 4.69) is 49.1 Å². The lowest BCUT2D eigenvalue weighted by Crippen LogP contribution is -2.33. The Kier molecular flexibility index (Phi) is 4.81. The second-order valence-electron chi connectivity index (χ2n) is 8.92.